The number of likely N-dealkylation sites (tertiary alicyclic amines) is 1. The Bertz CT molecular complexity index is 167. The van der Waals surface area contributed by atoms with E-state index in [1.165, 1.54) is 38.9 Å². The van der Waals surface area contributed by atoms with E-state index >= 15 is 0 Å². The van der Waals surface area contributed by atoms with E-state index in [-0.39, 0.29) is 0 Å². The Morgan fingerprint density at radius 1 is 1.38 bits per heavy atom. The lowest BCUT2D eigenvalue weighted by molar-refractivity contribution is 0.0373. The maximum Gasteiger partial charge on any atom is 0.0595 e. The molecule has 1 unspecified atom stereocenters. The minimum Gasteiger partial charge on any atom is -0.381 e. The summed E-state index contributed by atoms with van der Waals surface area (Å²) in [4.78, 5) is 2.58. The molecular formula is C13H28N2O. The second kappa shape index (κ2) is 8.04. The Balaban J connectivity index is 2.08. The van der Waals surface area contributed by atoms with Crippen molar-refractivity contribution in [3.8, 4) is 0 Å². The first-order valence-electron chi connectivity index (χ1n) is 6.72. The molecule has 1 heterocycles. The predicted molar refractivity (Wildman–Crippen MR) is 68.8 cm³/mol. The lowest BCUT2D eigenvalue weighted by Crippen LogP contribution is -2.40. The highest BCUT2D eigenvalue weighted by molar-refractivity contribution is 4.74. The number of hydrogen-bond donors (Lipinski definition) is 1. The summed E-state index contributed by atoms with van der Waals surface area (Å²) in [6, 6.07) is 0. The third-order valence-electron chi connectivity index (χ3n) is 3.36. The van der Waals surface area contributed by atoms with Gasteiger partial charge in [0.2, 0.25) is 0 Å². The molecule has 16 heavy (non-hydrogen) atoms. The fourth-order valence-electron chi connectivity index (χ4n) is 2.36. The number of nitrogens with zero attached hydrogens (tertiary/aromatic N) is 1. The monoisotopic (exact) mass is 228 g/mol. The third kappa shape index (κ3) is 5.28. The van der Waals surface area contributed by atoms with Crippen LogP contribution in [0.3, 0.4) is 0 Å². The van der Waals surface area contributed by atoms with Crippen molar-refractivity contribution < 1.29 is 4.74 Å². The molecular weight excluding hydrogens is 200 g/mol. The van der Waals surface area contributed by atoms with Crippen molar-refractivity contribution >= 4 is 0 Å². The number of ether oxygens (including phenoxy) is 1. The highest BCUT2D eigenvalue weighted by atomic mass is 16.5. The molecule has 1 saturated heterocycles. The highest BCUT2D eigenvalue weighted by Crippen LogP contribution is 2.13. The molecule has 0 amide bonds. The first-order chi connectivity index (χ1) is 7.76. The van der Waals surface area contributed by atoms with Crippen LogP contribution in [-0.4, -0.2) is 50.8 Å². The largest absolute Gasteiger partial charge is 0.381 e. The van der Waals surface area contributed by atoms with E-state index in [1.807, 2.05) is 7.11 Å². The Labute approximate surface area is 101 Å². The second-order valence-corrected chi connectivity index (χ2v) is 5.04. The van der Waals surface area contributed by atoms with Gasteiger partial charge in [-0.1, -0.05) is 13.8 Å². The zero-order valence-corrected chi connectivity index (χ0v) is 11.2. The van der Waals surface area contributed by atoms with Gasteiger partial charge in [-0.25, -0.2) is 0 Å². The second-order valence-electron chi connectivity index (χ2n) is 5.04. The Morgan fingerprint density at radius 3 is 2.62 bits per heavy atom. The molecule has 3 heteroatoms. The van der Waals surface area contributed by atoms with Crippen LogP contribution in [0, 0.1) is 5.92 Å². The van der Waals surface area contributed by atoms with E-state index in [1.54, 1.807) is 0 Å². The zero-order chi connectivity index (χ0) is 11.8. The standard InChI is InChI=1S/C13H28N2O/c1-4-7-14-10-12(2)11-15-8-5-13(16-3)6-9-15/h12-14H,4-11H2,1-3H3. The molecule has 1 atom stereocenters. The van der Waals surface area contributed by atoms with Gasteiger partial charge in [-0.3, -0.25) is 0 Å². The summed E-state index contributed by atoms with van der Waals surface area (Å²) in [7, 11) is 1.83. The average Bonchev–Trinajstić information content (AvgIpc) is 2.30. The quantitative estimate of drug-likeness (QED) is 0.672. The fourth-order valence-corrected chi connectivity index (χ4v) is 2.36. The summed E-state index contributed by atoms with van der Waals surface area (Å²) in [5.41, 5.74) is 0. The minimum atomic E-state index is 0.504. The molecule has 1 aliphatic heterocycles. The van der Waals surface area contributed by atoms with Crippen LogP contribution in [-0.2, 0) is 4.74 Å². The van der Waals surface area contributed by atoms with E-state index in [0.717, 1.165) is 19.0 Å². The lowest BCUT2D eigenvalue weighted by atomic mass is 10.1. The molecule has 1 fully saturated rings. The maximum absolute atomic E-state index is 5.38. The SMILES string of the molecule is CCCNCC(C)CN1CCC(OC)CC1. The van der Waals surface area contributed by atoms with Crippen molar-refractivity contribution in [1.29, 1.82) is 0 Å². The summed E-state index contributed by atoms with van der Waals surface area (Å²) in [5, 5.41) is 3.49. The molecule has 0 aromatic carbocycles. The van der Waals surface area contributed by atoms with Crippen LogP contribution in [0.5, 0.6) is 0 Å². The summed E-state index contributed by atoms with van der Waals surface area (Å²) >= 11 is 0. The minimum absolute atomic E-state index is 0.504. The Hall–Kier alpha value is -0.120. The molecule has 96 valence electrons. The van der Waals surface area contributed by atoms with Gasteiger partial charge in [-0.05, 0) is 38.3 Å². The van der Waals surface area contributed by atoms with Crippen LogP contribution in [0.2, 0.25) is 0 Å². The molecule has 0 aromatic rings. The number of nitrogens with one attached hydrogen (secondary N) is 1. The highest BCUT2D eigenvalue weighted by Gasteiger charge is 2.19. The van der Waals surface area contributed by atoms with Gasteiger partial charge in [0, 0.05) is 26.7 Å². The molecule has 0 aromatic heterocycles. The molecule has 1 N–H and O–H groups in total. The van der Waals surface area contributed by atoms with E-state index in [9.17, 15) is 0 Å². The first-order valence-corrected chi connectivity index (χ1v) is 6.72. The van der Waals surface area contributed by atoms with Crippen molar-refractivity contribution in [1.82, 2.24) is 10.2 Å². The molecule has 0 spiro atoms. The van der Waals surface area contributed by atoms with Crippen LogP contribution in [0.4, 0.5) is 0 Å². The molecule has 0 aliphatic carbocycles. The van der Waals surface area contributed by atoms with Crippen molar-refractivity contribution in [2.24, 2.45) is 5.92 Å². The zero-order valence-electron chi connectivity index (χ0n) is 11.2. The topological polar surface area (TPSA) is 24.5 Å². The van der Waals surface area contributed by atoms with Gasteiger partial charge in [0.1, 0.15) is 0 Å². The fraction of sp³-hybridized carbons (Fsp3) is 1.00. The molecule has 0 saturated carbocycles. The summed E-state index contributed by atoms with van der Waals surface area (Å²) < 4.78 is 5.38. The van der Waals surface area contributed by atoms with Crippen molar-refractivity contribution in [2.75, 3.05) is 39.8 Å². The molecule has 1 rings (SSSR count). The smallest absolute Gasteiger partial charge is 0.0595 e. The molecule has 3 nitrogen and oxygen atoms in total. The van der Waals surface area contributed by atoms with Crippen LogP contribution < -0.4 is 5.32 Å². The summed E-state index contributed by atoms with van der Waals surface area (Å²) in [5.74, 6) is 0.755. The van der Waals surface area contributed by atoms with E-state index in [4.69, 9.17) is 4.74 Å². The predicted octanol–water partition coefficient (Wildman–Crippen LogP) is 1.73. The maximum atomic E-state index is 5.38. The van der Waals surface area contributed by atoms with Gasteiger partial charge < -0.3 is 15.0 Å². The van der Waals surface area contributed by atoms with E-state index < -0.39 is 0 Å². The lowest BCUT2D eigenvalue weighted by Gasteiger charge is -2.32. The van der Waals surface area contributed by atoms with Gasteiger partial charge >= 0.3 is 0 Å². The number of hydrogen-bond acceptors (Lipinski definition) is 3. The molecule has 0 radical (unpaired) electrons. The van der Waals surface area contributed by atoms with E-state index in [0.29, 0.717) is 6.10 Å². The number of piperidine rings is 1. The average molecular weight is 228 g/mol. The molecule has 1 aliphatic rings. The Morgan fingerprint density at radius 2 is 2.06 bits per heavy atom. The summed E-state index contributed by atoms with van der Waals surface area (Å²) in [6.45, 7) is 10.5. The van der Waals surface area contributed by atoms with Gasteiger partial charge in [0.15, 0.2) is 0 Å². The normalized spacial score (nSPS) is 21.2. The van der Waals surface area contributed by atoms with Gasteiger partial charge in [-0.2, -0.15) is 0 Å². The van der Waals surface area contributed by atoms with Gasteiger partial charge in [0.05, 0.1) is 6.10 Å². The third-order valence-corrected chi connectivity index (χ3v) is 3.36. The van der Waals surface area contributed by atoms with Crippen LogP contribution in [0.25, 0.3) is 0 Å². The van der Waals surface area contributed by atoms with Crippen molar-refractivity contribution in [3.63, 3.8) is 0 Å². The summed E-state index contributed by atoms with van der Waals surface area (Å²) in [6.07, 6.45) is 4.13. The van der Waals surface area contributed by atoms with Crippen LogP contribution >= 0.6 is 0 Å². The number of methoxy groups -OCH3 is 1. The Kier molecular flexibility index (Phi) is 7.01. The van der Waals surface area contributed by atoms with Crippen molar-refractivity contribution in [3.05, 3.63) is 0 Å². The first kappa shape index (κ1) is 13.9. The van der Waals surface area contributed by atoms with E-state index in [2.05, 4.69) is 24.1 Å². The van der Waals surface area contributed by atoms with Gasteiger partial charge in [-0.15, -0.1) is 0 Å². The molecule has 0 bridgehead atoms. The number of rotatable bonds is 7. The van der Waals surface area contributed by atoms with Gasteiger partial charge in [0.25, 0.3) is 0 Å². The van der Waals surface area contributed by atoms with Crippen LogP contribution in [0.15, 0.2) is 0 Å². The van der Waals surface area contributed by atoms with Crippen molar-refractivity contribution in [2.45, 2.75) is 39.2 Å². The van der Waals surface area contributed by atoms with Crippen LogP contribution in [0.1, 0.15) is 33.1 Å².